The van der Waals surface area contributed by atoms with E-state index in [-0.39, 0.29) is 6.54 Å². The summed E-state index contributed by atoms with van der Waals surface area (Å²) in [6.45, 7) is 1.47. The van der Waals surface area contributed by atoms with Crippen LogP contribution in [-0.2, 0) is 16.6 Å². The molecule has 0 aliphatic carbocycles. The van der Waals surface area contributed by atoms with Gasteiger partial charge >= 0.3 is 0 Å². The SMILES string of the molecule is C[C@H](O)Cn1cc(F)c(S(N)(=O)=O)n1. The molecule has 0 aromatic carbocycles. The molecule has 0 bridgehead atoms. The topological polar surface area (TPSA) is 98.2 Å². The van der Waals surface area contributed by atoms with E-state index in [1.54, 1.807) is 0 Å². The zero-order valence-electron chi connectivity index (χ0n) is 7.38. The lowest BCUT2D eigenvalue weighted by Gasteiger charge is -2.02. The molecule has 14 heavy (non-hydrogen) atoms. The highest BCUT2D eigenvalue weighted by Crippen LogP contribution is 2.09. The van der Waals surface area contributed by atoms with Crippen molar-refractivity contribution >= 4 is 10.0 Å². The van der Waals surface area contributed by atoms with E-state index >= 15 is 0 Å². The number of hydrogen-bond donors (Lipinski definition) is 2. The molecule has 3 N–H and O–H groups in total. The van der Waals surface area contributed by atoms with Gasteiger partial charge in [0.25, 0.3) is 10.0 Å². The molecule has 1 aromatic heterocycles. The van der Waals surface area contributed by atoms with E-state index in [2.05, 4.69) is 5.10 Å². The van der Waals surface area contributed by atoms with E-state index in [1.165, 1.54) is 6.92 Å². The van der Waals surface area contributed by atoms with Crippen LogP contribution in [0.1, 0.15) is 6.92 Å². The molecule has 0 amide bonds. The van der Waals surface area contributed by atoms with Crippen molar-refractivity contribution in [3.8, 4) is 0 Å². The van der Waals surface area contributed by atoms with Gasteiger partial charge in [0, 0.05) is 0 Å². The normalized spacial score (nSPS) is 14.3. The number of halogens is 1. The van der Waals surface area contributed by atoms with Crippen LogP contribution >= 0.6 is 0 Å². The summed E-state index contributed by atoms with van der Waals surface area (Å²) >= 11 is 0. The maximum Gasteiger partial charge on any atom is 0.260 e. The fraction of sp³-hybridized carbons (Fsp3) is 0.500. The van der Waals surface area contributed by atoms with Gasteiger partial charge in [-0.3, -0.25) is 4.68 Å². The minimum absolute atomic E-state index is 0.00639. The first-order chi connectivity index (χ1) is 6.30. The molecule has 0 saturated carbocycles. The lowest BCUT2D eigenvalue weighted by molar-refractivity contribution is 0.168. The second kappa shape index (κ2) is 3.64. The first-order valence-corrected chi connectivity index (χ1v) is 5.29. The summed E-state index contributed by atoms with van der Waals surface area (Å²) in [5.41, 5.74) is 0. The summed E-state index contributed by atoms with van der Waals surface area (Å²) in [6.07, 6.45) is 0.120. The zero-order valence-corrected chi connectivity index (χ0v) is 8.20. The summed E-state index contributed by atoms with van der Waals surface area (Å²) in [4.78, 5) is 0. The quantitative estimate of drug-likeness (QED) is 0.690. The molecule has 0 radical (unpaired) electrons. The Morgan fingerprint density at radius 1 is 1.79 bits per heavy atom. The average molecular weight is 223 g/mol. The first kappa shape index (κ1) is 11.1. The Labute approximate surface area is 80.2 Å². The number of primary sulfonamides is 1. The third-order valence-electron chi connectivity index (χ3n) is 1.41. The molecule has 1 aromatic rings. The summed E-state index contributed by atoms with van der Waals surface area (Å²) in [5.74, 6) is -1.02. The van der Waals surface area contributed by atoms with Crippen LogP contribution in [0.25, 0.3) is 0 Å². The van der Waals surface area contributed by atoms with Gasteiger partial charge in [-0.05, 0) is 6.92 Å². The van der Waals surface area contributed by atoms with Crippen molar-refractivity contribution in [2.45, 2.75) is 24.6 Å². The van der Waals surface area contributed by atoms with E-state index in [1.807, 2.05) is 0 Å². The molecule has 0 unspecified atom stereocenters. The lowest BCUT2D eigenvalue weighted by atomic mass is 10.4. The Kier molecular flexibility index (Phi) is 2.88. The number of nitrogens with two attached hydrogens (primary N) is 1. The van der Waals surface area contributed by atoms with E-state index < -0.39 is 27.0 Å². The van der Waals surface area contributed by atoms with Crippen LogP contribution in [0, 0.1) is 5.82 Å². The van der Waals surface area contributed by atoms with Crippen LogP contribution in [0.2, 0.25) is 0 Å². The number of aliphatic hydroxyl groups is 1. The van der Waals surface area contributed by atoms with Crippen molar-refractivity contribution in [1.82, 2.24) is 9.78 Å². The molecule has 8 heteroatoms. The third kappa shape index (κ3) is 2.50. The molecule has 1 atom stereocenters. The fourth-order valence-electron chi connectivity index (χ4n) is 0.936. The third-order valence-corrected chi connectivity index (χ3v) is 2.22. The van der Waals surface area contributed by atoms with Gasteiger partial charge in [-0.2, -0.15) is 5.10 Å². The summed E-state index contributed by atoms with van der Waals surface area (Å²) in [5, 5.41) is 16.2. The molecule has 6 nitrogen and oxygen atoms in total. The summed E-state index contributed by atoms with van der Waals surface area (Å²) in [7, 11) is -4.14. The molecule has 0 aliphatic rings. The average Bonchev–Trinajstić information content (AvgIpc) is 2.27. The smallest absolute Gasteiger partial charge is 0.260 e. The number of nitrogens with zero attached hydrogens (tertiary/aromatic N) is 2. The van der Waals surface area contributed by atoms with Gasteiger partial charge in [0.15, 0.2) is 5.82 Å². The van der Waals surface area contributed by atoms with Crippen LogP contribution < -0.4 is 5.14 Å². The fourth-order valence-corrected chi connectivity index (χ4v) is 1.48. The van der Waals surface area contributed by atoms with Crippen molar-refractivity contribution < 1.29 is 17.9 Å². The predicted octanol–water partition coefficient (Wildman–Crippen LogP) is -0.950. The first-order valence-electron chi connectivity index (χ1n) is 3.74. The van der Waals surface area contributed by atoms with Gasteiger partial charge in [-0.1, -0.05) is 0 Å². The maximum absolute atomic E-state index is 12.9. The van der Waals surface area contributed by atoms with Gasteiger partial charge in [-0.25, -0.2) is 17.9 Å². The van der Waals surface area contributed by atoms with Crippen molar-refractivity contribution in [3.63, 3.8) is 0 Å². The van der Waals surface area contributed by atoms with Gasteiger partial charge in [0.1, 0.15) is 0 Å². The van der Waals surface area contributed by atoms with Crippen molar-refractivity contribution in [2.75, 3.05) is 0 Å². The van der Waals surface area contributed by atoms with E-state index in [4.69, 9.17) is 10.2 Å². The zero-order chi connectivity index (χ0) is 10.9. The Balaban J connectivity index is 3.06. The van der Waals surface area contributed by atoms with Crippen molar-refractivity contribution in [3.05, 3.63) is 12.0 Å². The van der Waals surface area contributed by atoms with Gasteiger partial charge < -0.3 is 5.11 Å². The number of sulfonamides is 1. The monoisotopic (exact) mass is 223 g/mol. The second-order valence-corrected chi connectivity index (χ2v) is 4.37. The predicted molar refractivity (Wildman–Crippen MR) is 45.2 cm³/mol. The number of hydrogen-bond acceptors (Lipinski definition) is 4. The number of rotatable bonds is 3. The molecule has 0 aliphatic heterocycles. The molecule has 0 spiro atoms. The Morgan fingerprint density at radius 3 is 2.71 bits per heavy atom. The van der Waals surface area contributed by atoms with Gasteiger partial charge in [0.05, 0.1) is 18.8 Å². The molecule has 1 heterocycles. The van der Waals surface area contributed by atoms with Gasteiger partial charge in [0.2, 0.25) is 5.03 Å². The molecule has 1 rings (SSSR count). The largest absolute Gasteiger partial charge is 0.391 e. The van der Waals surface area contributed by atoms with Gasteiger partial charge in [-0.15, -0.1) is 0 Å². The lowest BCUT2D eigenvalue weighted by Crippen LogP contribution is -2.16. The highest BCUT2D eigenvalue weighted by atomic mass is 32.2. The van der Waals surface area contributed by atoms with Crippen LogP contribution in [0.4, 0.5) is 4.39 Å². The van der Waals surface area contributed by atoms with Crippen LogP contribution in [0.5, 0.6) is 0 Å². The Bertz CT molecular complexity index is 426. The number of aromatic nitrogens is 2. The minimum Gasteiger partial charge on any atom is -0.391 e. The van der Waals surface area contributed by atoms with Crippen LogP contribution in [0.15, 0.2) is 11.2 Å². The summed E-state index contributed by atoms with van der Waals surface area (Å²) < 4.78 is 35.4. The standard InChI is InChI=1S/C6H10FN3O3S/c1-4(11)2-10-3-5(7)6(9-10)14(8,12)13/h3-4,11H,2H2,1H3,(H2,8,12,13)/t4-/m0/s1. The highest BCUT2D eigenvalue weighted by Gasteiger charge is 2.19. The van der Waals surface area contributed by atoms with Crippen LogP contribution in [0.3, 0.4) is 0 Å². The molecular formula is C6H10FN3O3S. The molecule has 0 fully saturated rings. The molecule has 0 saturated heterocycles. The van der Waals surface area contributed by atoms with E-state index in [9.17, 15) is 12.8 Å². The maximum atomic E-state index is 12.9. The van der Waals surface area contributed by atoms with E-state index in [0.717, 1.165) is 10.9 Å². The summed E-state index contributed by atoms with van der Waals surface area (Å²) in [6, 6.07) is 0. The van der Waals surface area contributed by atoms with E-state index in [0.29, 0.717) is 0 Å². The minimum atomic E-state index is -4.14. The number of aliphatic hydroxyl groups excluding tert-OH is 1. The molecular weight excluding hydrogens is 213 g/mol. The Morgan fingerprint density at radius 2 is 2.36 bits per heavy atom. The highest BCUT2D eigenvalue weighted by molar-refractivity contribution is 7.89. The van der Waals surface area contributed by atoms with Crippen molar-refractivity contribution in [2.24, 2.45) is 5.14 Å². The second-order valence-electron chi connectivity index (χ2n) is 2.90. The van der Waals surface area contributed by atoms with Crippen molar-refractivity contribution in [1.29, 1.82) is 0 Å². The molecule has 80 valence electrons. The Hall–Kier alpha value is -0.990. The van der Waals surface area contributed by atoms with Crippen LogP contribution in [-0.4, -0.2) is 29.4 Å².